The van der Waals surface area contributed by atoms with E-state index in [0.29, 0.717) is 6.42 Å². The number of esters is 1. The van der Waals surface area contributed by atoms with Gasteiger partial charge in [0.15, 0.2) is 0 Å². The Bertz CT molecular complexity index is 599. The molecule has 0 saturated heterocycles. The van der Waals surface area contributed by atoms with E-state index in [1.165, 1.54) is 25.3 Å². The molecule has 0 aliphatic rings. The number of carbonyl (C=O) groups excluding carboxylic acids is 2. The molecule has 0 heterocycles. The minimum Gasteiger partial charge on any atom is -0.494 e. The second-order valence-corrected chi connectivity index (χ2v) is 6.18. The molecule has 1 atom stereocenters. The first kappa shape index (κ1) is 21.7. The summed E-state index contributed by atoms with van der Waals surface area (Å²) in [5.74, 6) is -0.608. The third kappa shape index (κ3) is 9.21. The van der Waals surface area contributed by atoms with E-state index in [2.05, 4.69) is 6.92 Å². The summed E-state index contributed by atoms with van der Waals surface area (Å²) in [6, 6.07) is 7.76. The van der Waals surface area contributed by atoms with E-state index in [4.69, 9.17) is 9.47 Å². The maximum Gasteiger partial charge on any atom is 0.379 e. The Labute approximate surface area is 156 Å². The first-order chi connectivity index (χ1) is 12.6. The Hall–Kier alpha value is -2.36. The lowest BCUT2D eigenvalue weighted by molar-refractivity contribution is -0.155. The Morgan fingerprint density at radius 2 is 1.77 bits per heavy atom. The van der Waals surface area contributed by atoms with Crippen LogP contribution in [0.1, 0.15) is 58.4 Å². The smallest absolute Gasteiger partial charge is 0.379 e. The summed E-state index contributed by atoms with van der Waals surface area (Å²) in [5, 5.41) is 0. The van der Waals surface area contributed by atoms with E-state index < -0.39 is 11.8 Å². The first-order valence-electron chi connectivity index (χ1n) is 9.39. The second kappa shape index (κ2) is 12.9. The number of benzene rings is 1. The van der Waals surface area contributed by atoms with Crippen molar-refractivity contribution in [3.05, 3.63) is 48.1 Å². The predicted octanol–water partition coefficient (Wildman–Crippen LogP) is 5.13. The van der Waals surface area contributed by atoms with Gasteiger partial charge in [-0.3, -0.25) is 4.79 Å². The predicted molar refractivity (Wildman–Crippen MR) is 105 cm³/mol. The molecule has 1 aromatic carbocycles. The fourth-order valence-corrected chi connectivity index (χ4v) is 2.10. The minimum absolute atomic E-state index is 0.247. The standard InChI is InChI=1S/C22H30O4/c1-4-6-7-10-17-25-20-15-13-19(14-16-20)11-8-9-12-21(23)22(24)26-18(3)5-2/h8-9,11-16,18H,4-7,10,17H2,1-3H3/b11-8+,12-9+. The molecule has 142 valence electrons. The van der Waals surface area contributed by atoms with Crippen molar-refractivity contribution in [2.75, 3.05) is 6.61 Å². The molecule has 0 fully saturated rings. The molecular weight excluding hydrogens is 328 g/mol. The van der Waals surface area contributed by atoms with Crippen molar-refractivity contribution < 1.29 is 19.1 Å². The van der Waals surface area contributed by atoms with Crippen LogP contribution in [0.3, 0.4) is 0 Å². The number of unbranched alkanes of at least 4 members (excludes halogenated alkanes) is 3. The van der Waals surface area contributed by atoms with Gasteiger partial charge in [0, 0.05) is 0 Å². The molecule has 0 spiro atoms. The minimum atomic E-state index is -0.815. The van der Waals surface area contributed by atoms with Crippen molar-refractivity contribution in [2.45, 2.75) is 59.0 Å². The molecule has 1 unspecified atom stereocenters. The van der Waals surface area contributed by atoms with Crippen LogP contribution in [0, 0.1) is 0 Å². The lowest BCUT2D eigenvalue weighted by Gasteiger charge is -2.08. The first-order valence-corrected chi connectivity index (χ1v) is 9.39. The molecule has 0 N–H and O–H groups in total. The number of ketones is 1. The maximum atomic E-state index is 11.6. The summed E-state index contributed by atoms with van der Waals surface area (Å²) >= 11 is 0. The number of ether oxygens (including phenoxy) is 2. The van der Waals surface area contributed by atoms with Crippen molar-refractivity contribution >= 4 is 17.8 Å². The van der Waals surface area contributed by atoms with Crippen molar-refractivity contribution in [1.82, 2.24) is 0 Å². The van der Waals surface area contributed by atoms with Crippen LogP contribution in [-0.4, -0.2) is 24.5 Å². The summed E-state index contributed by atoms with van der Waals surface area (Å²) in [6.07, 6.45) is 11.5. The Balaban J connectivity index is 2.39. The zero-order chi connectivity index (χ0) is 19.2. The molecule has 0 radical (unpaired) electrons. The van der Waals surface area contributed by atoms with Crippen LogP contribution < -0.4 is 4.74 Å². The highest BCUT2D eigenvalue weighted by Crippen LogP contribution is 2.14. The van der Waals surface area contributed by atoms with Crippen molar-refractivity contribution in [1.29, 1.82) is 0 Å². The molecule has 4 nitrogen and oxygen atoms in total. The van der Waals surface area contributed by atoms with E-state index in [1.807, 2.05) is 37.3 Å². The van der Waals surface area contributed by atoms with Gasteiger partial charge in [0.05, 0.1) is 12.7 Å². The topological polar surface area (TPSA) is 52.6 Å². The van der Waals surface area contributed by atoms with Crippen molar-refractivity contribution in [3.63, 3.8) is 0 Å². The largest absolute Gasteiger partial charge is 0.494 e. The van der Waals surface area contributed by atoms with Crippen LogP contribution in [-0.2, 0) is 14.3 Å². The average Bonchev–Trinajstić information content (AvgIpc) is 2.65. The normalized spacial score (nSPS) is 12.4. The summed E-state index contributed by atoms with van der Waals surface area (Å²) in [6.45, 7) is 6.58. The monoisotopic (exact) mass is 358 g/mol. The molecule has 0 amide bonds. The van der Waals surface area contributed by atoms with Crippen LogP contribution in [0.15, 0.2) is 42.5 Å². The van der Waals surface area contributed by atoms with Gasteiger partial charge < -0.3 is 9.47 Å². The molecule has 1 aromatic rings. The van der Waals surface area contributed by atoms with Crippen LogP contribution >= 0.6 is 0 Å². The third-order valence-corrected chi connectivity index (χ3v) is 3.88. The van der Waals surface area contributed by atoms with Gasteiger partial charge in [-0.15, -0.1) is 0 Å². The van der Waals surface area contributed by atoms with Crippen molar-refractivity contribution in [2.24, 2.45) is 0 Å². The number of rotatable bonds is 12. The number of allylic oxidation sites excluding steroid dienone is 2. The molecule has 0 aromatic heterocycles. The average molecular weight is 358 g/mol. The highest BCUT2D eigenvalue weighted by atomic mass is 16.5. The Morgan fingerprint density at radius 3 is 2.42 bits per heavy atom. The van der Waals surface area contributed by atoms with Gasteiger partial charge in [0.2, 0.25) is 0 Å². The van der Waals surface area contributed by atoms with Gasteiger partial charge >= 0.3 is 5.97 Å². The second-order valence-electron chi connectivity index (χ2n) is 6.18. The third-order valence-electron chi connectivity index (χ3n) is 3.88. The Morgan fingerprint density at radius 1 is 1.04 bits per heavy atom. The highest BCUT2D eigenvalue weighted by molar-refractivity contribution is 6.38. The fraction of sp³-hybridized carbons (Fsp3) is 0.455. The Kier molecular flexibility index (Phi) is 10.8. The zero-order valence-corrected chi connectivity index (χ0v) is 16.1. The van der Waals surface area contributed by atoms with E-state index in [0.717, 1.165) is 24.3 Å². The van der Waals surface area contributed by atoms with Crippen molar-refractivity contribution in [3.8, 4) is 5.75 Å². The maximum absolute atomic E-state index is 11.6. The lowest BCUT2D eigenvalue weighted by atomic mass is 10.2. The number of carbonyl (C=O) groups is 2. The molecule has 4 heteroatoms. The molecule has 0 bridgehead atoms. The molecule has 0 aliphatic carbocycles. The quantitative estimate of drug-likeness (QED) is 0.171. The summed E-state index contributed by atoms with van der Waals surface area (Å²) in [7, 11) is 0. The van der Waals surface area contributed by atoms with Gasteiger partial charge in [-0.2, -0.15) is 0 Å². The van der Waals surface area contributed by atoms with Gasteiger partial charge in [-0.05, 0) is 43.5 Å². The summed E-state index contributed by atoms with van der Waals surface area (Å²) < 4.78 is 10.7. The van der Waals surface area contributed by atoms with E-state index in [9.17, 15) is 9.59 Å². The van der Waals surface area contributed by atoms with Crippen LogP contribution in [0.2, 0.25) is 0 Å². The fourth-order valence-electron chi connectivity index (χ4n) is 2.10. The van der Waals surface area contributed by atoms with Gasteiger partial charge in [-0.25, -0.2) is 4.79 Å². The molecule has 0 aliphatic heterocycles. The number of hydrogen-bond donors (Lipinski definition) is 0. The summed E-state index contributed by atoms with van der Waals surface area (Å²) in [4.78, 5) is 23.1. The highest BCUT2D eigenvalue weighted by Gasteiger charge is 2.14. The van der Waals surface area contributed by atoms with Crippen LogP contribution in [0.5, 0.6) is 5.75 Å². The molecule has 0 saturated carbocycles. The molecular formula is C22H30O4. The molecule has 26 heavy (non-hydrogen) atoms. The zero-order valence-electron chi connectivity index (χ0n) is 16.1. The van der Waals surface area contributed by atoms with E-state index in [-0.39, 0.29) is 6.10 Å². The van der Waals surface area contributed by atoms with Gasteiger partial charge in [-0.1, -0.05) is 63.5 Å². The van der Waals surface area contributed by atoms with Gasteiger partial charge in [0.1, 0.15) is 5.75 Å². The lowest BCUT2D eigenvalue weighted by Crippen LogP contribution is -2.20. The van der Waals surface area contributed by atoms with Gasteiger partial charge in [0.25, 0.3) is 5.78 Å². The van der Waals surface area contributed by atoms with Crippen LogP contribution in [0.25, 0.3) is 6.08 Å². The SMILES string of the molecule is CCCCCCOc1ccc(/C=C/C=C/C(=O)C(=O)OC(C)CC)cc1. The summed E-state index contributed by atoms with van der Waals surface area (Å²) in [5.41, 5.74) is 0.989. The van der Waals surface area contributed by atoms with E-state index >= 15 is 0 Å². The van der Waals surface area contributed by atoms with Crippen LogP contribution in [0.4, 0.5) is 0 Å². The van der Waals surface area contributed by atoms with E-state index in [1.54, 1.807) is 19.1 Å². The molecule has 1 rings (SSSR count). The number of hydrogen-bond acceptors (Lipinski definition) is 4.